The second kappa shape index (κ2) is 10.8. The van der Waals surface area contributed by atoms with E-state index in [0.717, 1.165) is 11.3 Å². The average molecular weight is 409 g/mol. The summed E-state index contributed by atoms with van der Waals surface area (Å²) < 4.78 is 0. The molecule has 5 nitrogen and oxygen atoms in total. The number of anilines is 1. The van der Waals surface area contributed by atoms with Gasteiger partial charge in [0.05, 0.1) is 0 Å². The molecule has 7 heteroatoms. The molecule has 0 aliphatic rings. The van der Waals surface area contributed by atoms with Crippen molar-refractivity contribution in [2.75, 3.05) is 29.7 Å². The number of rotatable bonds is 10. The maximum absolute atomic E-state index is 11.5. The highest BCUT2D eigenvalue weighted by atomic mass is 35.5. The van der Waals surface area contributed by atoms with E-state index in [1.165, 1.54) is 12.3 Å². The third-order valence-electron chi connectivity index (χ3n) is 4.05. The Labute approximate surface area is 168 Å². The number of phenols is 1. The van der Waals surface area contributed by atoms with Crippen molar-refractivity contribution in [3.63, 3.8) is 0 Å². The Morgan fingerprint density at radius 3 is 2.26 bits per heavy atom. The van der Waals surface area contributed by atoms with Crippen LogP contribution in [-0.4, -0.2) is 53.3 Å². The van der Waals surface area contributed by atoms with Crippen molar-refractivity contribution < 1.29 is 15.0 Å². The van der Waals surface area contributed by atoms with Crippen LogP contribution in [0.5, 0.6) is 5.75 Å². The second-order valence-corrected chi connectivity index (χ2v) is 6.68. The molecule has 2 rings (SSSR count). The van der Waals surface area contributed by atoms with Crippen LogP contribution < -0.4 is 4.90 Å². The Hall–Kier alpha value is -2.24. The van der Waals surface area contributed by atoms with Gasteiger partial charge in [0.25, 0.3) is 0 Å². The lowest BCUT2D eigenvalue weighted by molar-refractivity contribution is -0.138. The van der Waals surface area contributed by atoms with Gasteiger partial charge in [0.1, 0.15) is 5.75 Å². The summed E-state index contributed by atoms with van der Waals surface area (Å²) in [7, 11) is 0. The largest absolute Gasteiger partial charge is 0.507 e. The van der Waals surface area contributed by atoms with Gasteiger partial charge in [-0.15, -0.1) is 23.2 Å². The SMILES string of the molecule is O=C(O)C(Cc1ccc(N(CCCl)CCCl)cc1)N=Cc1ccccc1O. The summed E-state index contributed by atoms with van der Waals surface area (Å²) >= 11 is 11.7. The third kappa shape index (κ3) is 6.45. The Balaban J connectivity index is 2.10. The first-order chi connectivity index (χ1) is 13.0. The molecule has 2 aromatic carbocycles. The molecule has 144 valence electrons. The molecule has 2 aromatic rings. The van der Waals surface area contributed by atoms with Gasteiger partial charge in [0, 0.05) is 48.7 Å². The lowest BCUT2D eigenvalue weighted by Crippen LogP contribution is -2.27. The van der Waals surface area contributed by atoms with E-state index in [1.807, 2.05) is 24.3 Å². The minimum Gasteiger partial charge on any atom is -0.507 e. The molecule has 1 unspecified atom stereocenters. The maximum Gasteiger partial charge on any atom is 0.328 e. The van der Waals surface area contributed by atoms with Crippen LogP contribution >= 0.6 is 23.2 Å². The molecule has 1 atom stereocenters. The maximum atomic E-state index is 11.5. The first-order valence-electron chi connectivity index (χ1n) is 8.55. The van der Waals surface area contributed by atoms with Gasteiger partial charge < -0.3 is 15.1 Å². The molecular formula is C20H22Cl2N2O3. The number of alkyl halides is 2. The van der Waals surface area contributed by atoms with Crippen LogP contribution in [0.2, 0.25) is 0 Å². The number of carbonyl (C=O) groups is 1. The van der Waals surface area contributed by atoms with Crippen LogP contribution in [-0.2, 0) is 11.2 Å². The quantitative estimate of drug-likeness (QED) is 0.463. The highest BCUT2D eigenvalue weighted by Gasteiger charge is 2.16. The molecule has 0 saturated carbocycles. The second-order valence-electron chi connectivity index (χ2n) is 5.93. The minimum atomic E-state index is -1.02. The summed E-state index contributed by atoms with van der Waals surface area (Å²) in [5.74, 6) is 0.0479. The van der Waals surface area contributed by atoms with Crippen molar-refractivity contribution in [1.29, 1.82) is 0 Å². The molecule has 0 heterocycles. The van der Waals surface area contributed by atoms with Gasteiger partial charge in [0.2, 0.25) is 0 Å². The number of carboxylic acid groups (broad SMARTS) is 1. The van der Waals surface area contributed by atoms with Crippen LogP contribution in [0.4, 0.5) is 5.69 Å². The summed E-state index contributed by atoms with van der Waals surface area (Å²) in [6.45, 7) is 1.38. The molecule has 0 amide bonds. The van der Waals surface area contributed by atoms with Crippen LogP contribution in [0.1, 0.15) is 11.1 Å². The molecule has 0 saturated heterocycles. The predicted molar refractivity (Wildman–Crippen MR) is 111 cm³/mol. The zero-order chi connectivity index (χ0) is 19.6. The number of nitrogens with zero attached hydrogens (tertiary/aromatic N) is 2. The molecule has 0 spiro atoms. The first-order valence-corrected chi connectivity index (χ1v) is 9.62. The van der Waals surface area contributed by atoms with E-state index in [1.54, 1.807) is 18.2 Å². The molecule has 0 aliphatic carbocycles. The molecule has 27 heavy (non-hydrogen) atoms. The van der Waals surface area contributed by atoms with Gasteiger partial charge in [-0.25, -0.2) is 4.79 Å². The molecule has 0 aromatic heterocycles. The van der Waals surface area contributed by atoms with E-state index in [2.05, 4.69) is 9.89 Å². The summed E-state index contributed by atoms with van der Waals surface area (Å²) in [6, 6.07) is 13.4. The number of carboxylic acids is 1. The predicted octanol–water partition coefficient (Wildman–Crippen LogP) is 3.79. The Kier molecular flexibility index (Phi) is 8.43. The van der Waals surface area contributed by atoms with E-state index in [0.29, 0.717) is 30.4 Å². The molecule has 2 N–H and O–H groups in total. The van der Waals surface area contributed by atoms with Crippen molar-refractivity contribution >= 4 is 41.1 Å². The molecule has 0 aliphatic heterocycles. The molecule has 0 bridgehead atoms. The van der Waals surface area contributed by atoms with Crippen LogP contribution in [0.3, 0.4) is 0 Å². The topological polar surface area (TPSA) is 73.1 Å². The fourth-order valence-electron chi connectivity index (χ4n) is 2.61. The van der Waals surface area contributed by atoms with Gasteiger partial charge >= 0.3 is 5.97 Å². The fraction of sp³-hybridized carbons (Fsp3) is 0.300. The lowest BCUT2D eigenvalue weighted by Gasteiger charge is -2.23. The number of halogens is 2. The lowest BCUT2D eigenvalue weighted by atomic mass is 10.1. The van der Waals surface area contributed by atoms with Crippen LogP contribution in [0.25, 0.3) is 0 Å². The Morgan fingerprint density at radius 2 is 1.70 bits per heavy atom. The Morgan fingerprint density at radius 1 is 1.07 bits per heavy atom. The van der Waals surface area contributed by atoms with E-state index in [4.69, 9.17) is 23.2 Å². The number of aliphatic carboxylic acids is 1. The average Bonchev–Trinajstić information content (AvgIpc) is 2.66. The minimum absolute atomic E-state index is 0.0633. The third-order valence-corrected chi connectivity index (χ3v) is 4.39. The number of hydrogen-bond donors (Lipinski definition) is 2. The number of hydrogen-bond acceptors (Lipinski definition) is 4. The number of aromatic hydroxyl groups is 1. The molecule has 0 fully saturated rings. The van der Waals surface area contributed by atoms with E-state index in [-0.39, 0.29) is 12.2 Å². The highest BCUT2D eigenvalue weighted by Crippen LogP contribution is 2.18. The van der Waals surface area contributed by atoms with Gasteiger partial charge in [-0.05, 0) is 29.8 Å². The first kappa shape index (κ1) is 21.1. The zero-order valence-corrected chi connectivity index (χ0v) is 16.3. The van der Waals surface area contributed by atoms with Crippen LogP contribution in [0.15, 0.2) is 53.5 Å². The highest BCUT2D eigenvalue weighted by molar-refractivity contribution is 6.18. The monoisotopic (exact) mass is 408 g/mol. The smallest absolute Gasteiger partial charge is 0.328 e. The van der Waals surface area contributed by atoms with Crippen molar-refractivity contribution in [3.8, 4) is 5.75 Å². The number of aliphatic imine (C=N–C) groups is 1. The van der Waals surface area contributed by atoms with Crippen molar-refractivity contribution in [1.82, 2.24) is 0 Å². The van der Waals surface area contributed by atoms with E-state index >= 15 is 0 Å². The summed E-state index contributed by atoms with van der Waals surface area (Å²) in [4.78, 5) is 17.8. The molecule has 0 radical (unpaired) electrons. The number of para-hydroxylation sites is 1. The van der Waals surface area contributed by atoms with E-state index in [9.17, 15) is 15.0 Å². The summed E-state index contributed by atoms with van der Waals surface area (Å²) in [5, 5.41) is 19.2. The summed E-state index contributed by atoms with van der Waals surface area (Å²) in [6.07, 6.45) is 1.65. The Bertz CT molecular complexity index is 760. The zero-order valence-electron chi connectivity index (χ0n) is 14.8. The van der Waals surface area contributed by atoms with Crippen molar-refractivity contribution in [2.24, 2.45) is 4.99 Å². The fourth-order valence-corrected chi connectivity index (χ4v) is 3.02. The van der Waals surface area contributed by atoms with E-state index < -0.39 is 12.0 Å². The van der Waals surface area contributed by atoms with Crippen LogP contribution in [0, 0.1) is 0 Å². The number of benzene rings is 2. The van der Waals surface area contributed by atoms with Gasteiger partial charge in [0.15, 0.2) is 6.04 Å². The summed E-state index contributed by atoms with van der Waals surface area (Å²) in [5.41, 5.74) is 2.33. The molecular weight excluding hydrogens is 387 g/mol. The van der Waals surface area contributed by atoms with Crippen molar-refractivity contribution in [3.05, 3.63) is 59.7 Å². The normalized spacial score (nSPS) is 12.2. The number of phenolic OH excluding ortho intramolecular Hbond substituents is 1. The van der Waals surface area contributed by atoms with Gasteiger partial charge in [-0.2, -0.15) is 0 Å². The standard InChI is InChI=1S/C20H22Cl2N2O3/c21-9-11-24(12-10-22)17-7-5-15(6-8-17)13-18(20(26)27)23-14-16-3-1-2-4-19(16)25/h1-8,14,18,25H,9-13H2,(H,26,27). The van der Waals surface area contributed by atoms with Crippen molar-refractivity contribution in [2.45, 2.75) is 12.5 Å². The van der Waals surface area contributed by atoms with Gasteiger partial charge in [-0.3, -0.25) is 4.99 Å². The van der Waals surface area contributed by atoms with Gasteiger partial charge in [-0.1, -0.05) is 24.3 Å².